The van der Waals surface area contributed by atoms with Gasteiger partial charge in [-0.15, -0.1) is 0 Å². The summed E-state index contributed by atoms with van der Waals surface area (Å²) in [7, 11) is 0. The van der Waals surface area contributed by atoms with Gasteiger partial charge >= 0.3 is 11.9 Å². The Morgan fingerprint density at radius 1 is 1.00 bits per heavy atom. The van der Waals surface area contributed by atoms with Gasteiger partial charge in [0.15, 0.2) is 0 Å². The molecule has 1 aliphatic heterocycles. The molecule has 0 saturated heterocycles. The number of aliphatic carboxylic acids is 2. The number of hydrogen-bond acceptors (Lipinski definition) is 3. The molecule has 0 fully saturated rings. The zero-order chi connectivity index (χ0) is 15.9. The van der Waals surface area contributed by atoms with Crippen molar-refractivity contribution >= 4 is 17.7 Å². The quantitative estimate of drug-likeness (QED) is 0.787. The van der Waals surface area contributed by atoms with E-state index in [1.54, 1.807) is 0 Å². The molecule has 0 atom stereocenters. The number of nitrogens with zero attached hydrogens (tertiary/aromatic N) is 2. The van der Waals surface area contributed by atoms with Gasteiger partial charge in [0.2, 0.25) is 0 Å². The molecule has 2 heterocycles. The summed E-state index contributed by atoms with van der Waals surface area (Å²) in [4.78, 5) is 22.9. The standard InChI is InChI=1S/C14H14N2.C2H2O4/c1-2-6-12(7-3-1)14-13-8-4-10-16(13)11-5-9-15-14;3-1(4)2(5)6/h1-4,6-8,10H,5,9,11H2;(H,3,4)(H,5,6). The van der Waals surface area contributed by atoms with E-state index in [0.29, 0.717) is 0 Å². The first-order valence-corrected chi connectivity index (χ1v) is 6.81. The van der Waals surface area contributed by atoms with Crippen molar-refractivity contribution in [2.24, 2.45) is 4.99 Å². The number of carboxylic acid groups (broad SMARTS) is 2. The highest BCUT2D eigenvalue weighted by Gasteiger charge is 2.13. The van der Waals surface area contributed by atoms with Crippen molar-refractivity contribution < 1.29 is 19.8 Å². The van der Waals surface area contributed by atoms with Gasteiger partial charge in [0, 0.05) is 24.8 Å². The number of rotatable bonds is 1. The summed E-state index contributed by atoms with van der Waals surface area (Å²) >= 11 is 0. The summed E-state index contributed by atoms with van der Waals surface area (Å²) < 4.78 is 2.29. The molecule has 22 heavy (non-hydrogen) atoms. The maximum absolute atomic E-state index is 9.10. The van der Waals surface area contributed by atoms with Crippen molar-refractivity contribution in [3.63, 3.8) is 0 Å². The van der Waals surface area contributed by atoms with Crippen LogP contribution in [0.2, 0.25) is 0 Å². The normalized spacial score (nSPS) is 13.0. The molecule has 1 aromatic heterocycles. The van der Waals surface area contributed by atoms with E-state index in [9.17, 15) is 0 Å². The second kappa shape index (κ2) is 7.21. The molecular formula is C16H16N2O4. The minimum Gasteiger partial charge on any atom is -0.473 e. The van der Waals surface area contributed by atoms with Crippen LogP contribution in [0.25, 0.3) is 0 Å². The van der Waals surface area contributed by atoms with Crippen LogP contribution in [-0.2, 0) is 16.1 Å². The van der Waals surface area contributed by atoms with Gasteiger partial charge < -0.3 is 14.8 Å². The molecule has 0 aliphatic carbocycles. The van der Waals surface area contributed by atoms with Gasteiger partial charge in [0.05, 0.1) is 11.4 Å². The SMILES string of the molecule is O=C(O)C(=O)O.c1ccc(C2=NCCCn3cccc32)cc1. The molecule has 1 aliphatic rings. The number of fused-ring (bicyclic) bond motifs is 1. The van der Waals surface area contributed by atoms with Crippen molar-refractivity contribution in [1.82, 2.24) is 4.57 Å². The highest BCUT2D eigenvalue weighted by Crippen LogP contribution is 2.15. The molecule has 6 heteroatoms. The lowest BCUT2D eigenvalue weighted by Gasteiger charge is -2.07. The Hall–Kier alpha value is -2.89. The summed E-state index contributed by atoms with van der Waals surface area (Å²) in [5.41, 5.74) is 3.58. The number of carbonyl (C=O) groups is 2. The van der Waals surface area contributed by atoms with Crippen LogP contribution in [0, 0.1) is 0 Å². The molecular weight excluding hydrogens is 284 g/mol. The molecule has 0 unspecified atom stereocenters. The molecule has 1 aromatic carbocycles. The molecule has 0 spiro atoms. The van der Waals surface area contributed by atoms with Gasteiger partial charge in [0.1, 0.15) is 0 Å². The van der Waals surface area contributed by atoms with E-state index < -0.39 is 11.9 Å². The second-order valence-corrected chi connectivity index (χ2v) is 4.65. The number of benzene rings is 1. The molecule has 0 saturated carbocycles. The fraction of sp³-hybridized carbons (Fsp3) is 0.188. The molecule has 2 N–H and O–H groups in total. The molecule has 0 bridgehead atoms. The average molecular weight is 300 g/mol. The maximum Gasteiger partial charge on any atom is 0.414 e. The Bertz CT molecular complexity index is 677. The van der Waals surface area contributed by atoms with Crippen molar-refractivity contribution in [2.75, 3.05) is 6.54 Å². The van der Waals surface area contributed by atoms with Crippen LogP contribution in [0.4, 0.5) is 0 Å². The first kappa shape index (κ1) is 15.5. The second-order valence-electron chi connectivity index (χ2n) is 4.65. The Balaban J connectivity index is 0.000000254. The molecule has 6 nitrogen and oxygen atoms in total. The van der Waals surface area contributed by atoms with Crippen LogP contribution in [-0.4, -0.2) is 39.0 Å². The van der Waals surface area contributed by atoms with Crippen LogP contribution in [0.5, 0.6) is 0 Å². The lowest BCUT2D eigenvalue weighted by molar-refractivity contribution is -0.159. The van der Waals surface area contributed by atoms with Crippen LogP contribution >= 0.6 is 0 Å². The van der Waals surface area contributed by atoms with Crippen molar-refractivity contribution in [3.8, 4) is 0 Å². The fourth-order valence-electron chi connectivity index (χ4n) is 2.17. The summed E-state index contributed by atoms with van der Waals surface area (Å²) in [6, 6.07) is 14.7. The maximum atomic E-state index is 9.10. The van der Waals surface area contributed by atoms with Gasteiger partial charge in [-0.1, -0.05) is 30.3 Å². The lowest BCUT2D eigenvalue weighted by atomic mass is 10.1. The predicted octanol–water partition coefficient (Wildman–Crippen LogP) is 1.88. The van der Waals surface area contributed by atoms with E-state index in [4.69, 9.17) is 24.8 Å². The monoisotopic (exact) mass is 300 g/mol. The minimum absolute atomic E-state index is 0.923. The van der Waals surface area contributed by atoms with E-state index in [2.05, 4.69) is 47.2 Å². The molecule has 114 valence electrons. The Morgan fingerprint density at radius 2 is 1.68 bits per heavy atom. The van der Waals surface area contributed by atoms with E-state index in [1.807, 2.05) is 6.07 Å². The van der Waals surface area contributed by atoms with Crippen LogP contribution in [0.15, 0.2) is 53.7 Å². The van der Waals surface area contributed by atoms with Gasteiger partial charge in [0.25, 0.3) is 0 Å². The largest absolute Gasteiger partial charge is 0.473 e. The Morgan fingerprint density at radius 3 is 2.32 bits per heavy atom. The Kier molecular flexibility index (Phi) is 5.08. The molecule has 0 radical (unpaired) electrons. The van der Waals surface area contributed by atoms with Crippen LogP contribution in [0.3, 0.4) is 0 Å². The third-order valence-electron chi connectivity index (χ3n) is 3.13. The Labute approximate surface area is 127 Å². The third kappa shape index (κ3) is 3.82. The summed E-state index contributed by atoms with van der Waals surface area (Å²) in [6.45, 7) is 1.99. The molecule has 3 rings (SSSR count). The smallest absolute Gasteiger partial charge is 0.414 e. The van der Waals surface area contributed by atoms with Gasteiger partial charge in [-0.3, -0.25) is 4.99 Å². The summed E-state index contributed by atoms with van der Waals surface area (Å²) in [5.74, 6) is -3.65. The van der Waals surface area contributed by atoms with Crippen molar-refractivity contribution in [3.05, 3.63) is 59.9 Å². The van der Waals surface area contributed by atoms with E-state index in [1.165, 1.54) is 11.3 Å². The minimum atomic E-state index is -1.82. The number of carboxylic acids is 2. The third-order valence-corrected chi connectivity index (χ3v) is 3.13. The average Bonchev–Trinajstić information content (AvgIpc) is 2.88. The van der Waals surface area contributed by atoms with Crippen LogP contribution in [0.1, 0.15) is 17.7 Å². The summed E-state index contributed by atoms with van der Waals surface area (Å²) in [6.07, 6.45) is 3.26. The van der Waals surface area contributed by atoms with Crippen molar-refractivity contribution in [2.45, 2.75) is 13.0 Å². The highest BCUT2D eigenvalue weighted by atomic mass is 16.4. The highest BCUT2D eigenvalue weighted by molar-refractivity contribution is 6.27. The van der Waals surface area contributed by atoms with Gasteiger partial charge in [-0.2, -0.15) is 0 Å². The van der Waals surface area contributed by atoms with E-state index in [0.717, 1.165) is 25.2 Å². The zero-order valence-corrected chi connectivity index (χ0v) is 11.8. The van der Waals surface area contributed by atoms with Gasteiger partial charge in [-0.25, -0.2) is 9.59 Å². The fourth-order valence-corrected chi connectivity index (χ4v) is 2.17. The van der Waals surface area contributed by atoms with Gasteiger partial charge in [-0.05, 0) is 18.6 Å². The topological polar surface area (TPSA) is 91.9 Å². The van der Waals surface area contributed by atoms with E-state index in [-0.39, 0.29) is 0 Å². The first-order valence-electron chi connectivity index (χ1n) is 6.81. The summed E-state index contributed by atoms with van der Waals surface area (Å²) in [5, 5.41) is 14.8. The first-order chi connectivity index (χ1) is 10.6. The molecule has 0 amide bonds. The number of aromatic nitrogens is 1. The number of aryl methyl sites for hydroxylation is 1. The zero-order valence-electron chi connectivity index (χ0n) is 11.8. The predicted molar refractivity (Wildman–Crippen MR) is 81.3 cm³/mol. The lowest BCUT2D eigenvalue weighted by Crippen LogP contribution is -2.09. The van der Waals surface area contributed by atoms with Crippen molar-refractivity contribution in [1.29, 1.82) is 0 Å². The number of hydrogen-bond donors (Lipinski definition) is 2. The number of aliphatic imine (C=N–C) groups is 1. The van der Waals surface area contributed by atoms with E-state index >= 15 is 0 Å². The van der Waals surface area contributed by atoms with Crippen LogP contribution < -0.4 is 0 Å². The molecule has 2 aromatic rings.